The fourth-order valence-electron chi connectivity index (χ4n) is 3.47. The molecule has 4 rings (SSSR count). The van der Waals surface area contributed by atoms with Gasteiger partial charge in [0.2, 0.25) is 6.17 Å². The predicted octanol–water partition coefficient (Wildman–Crippen LogP) is 2.91. The SMILES string of the molecule is O=C(NC(NC(=O)c1ncc(-c2cccc(F)c2)cc1O)C(=O)O)c1ncc(-c2cccc(F)c2)cc1O.[H-].[H-].[Mg+2]. The summed E-state index contributed by atoms with van der Waals surface area (Å²) in [5.41, 5.74) is 0.254. The van der Waals surface area contributed by atoms with Crippen LogP contribution in [0.3, 0.4) is 0 Å². The standard InChI is InChI=1S/C26H18F2N4O6.Mg.2H/c27-17-5-1-3-13(7-17)15-9-19(33)21(29-11-15)24(35)31-23(26(37)38)32-25(36)22-20(34)10-16(12-30-22)14-4-2-6-18(28)8-14;;;/h1-12,23,33-34H,(H,31,35)(H,32,36)(H,37,38);;;/q;+2;2*-1. The van der Waals surface area contributed by atoms with Crippen molar-refractivity contribution in [2.24, 2.45) is 0 Å². The van der Waals surface area contributed by atoms with E-state index >= 15 is 0 Å². The Morgan fingerprint density at radius 3 is 1.46 bits per heavy atom. The van der Waals surface area contributed by atoms with Crippen molar-refractivity contribution in [3.63, 3.8) is 0 Å². The van der Waals surface area contributed by atoms with E-state index in [-0.39, 0.29) is 25.9 Å². The first-order chi connectivity index (χ1) is 18.1. The van der Waals surface area contributed by atoms with Crippen LogP contribution < -0.4 is 10.6 Å². The third-order valence-electron chi connectivity index (χ3n) is 5.28. The molecule has 0 aliphatic carbocycles. The van der Waals surface area contributed by atoms with Gasteiger partial charge >= 0.3 is 29.0 Å². The molecule has 2 aromatic carbocycles. The summed E-state index contributed by atoms with van der Waals surface area (Å²) >= 11 is 0. The van der Waals surface area contributed by atoms with Crippen LogP contribution in [0.5, 0.6) is 11.5 Å². The zero-order valence-electron chi connectivity index (χ0n) is 21.9. The number of carbonyl (C=O) groups is 3. The molecular weight excluding hydrogens is 527 g/mol. The molecule has 5 N–H and O–H groups in total. The molecule has 0 atom stereocenters. The van der Waals surface area contributed by atoms with E-state index in [2.05, 4.69) is 9.97 Å². The third-order valence-corrected chi connectivity index (χ3v) is 5.28. The van der Waals surface area contributed by atoms with E-state index in [4.69, 9.17) is 0 Å². The molecule has 13 heteroatoms. The van der Waals surface area contributed by atoms with Crippen LogP contribution in [-0.2, 0) is 4.79 Å². The van der Waals surface area contributed by atoms with Gasteiger partial charge in [-0.2, -0.15) is 0 Å². The number of amides is 2. The maximum Gasteiger partial charge on any atom is 2.00 e. The van der Waals surface area contributed by atoms with Gasteiger partial charge in [-0.1, -0.05) is 24.3 Å². The van der Waals surface area contributed by atoms with Gasteiger partial charge in [0.15, 0.2) is 11.4 Å². The number of carboxylic acids is 1. The summed E-state index contributed by atoms with van der Waals surface area (Å²) in [5.74, 6) is -6.22. The second-order valence-corrected chi connectivity index (χ2v) is 7.92. The molecule has 0 saturated heterocycles. The Bertz CT molecular complexity index is 1470. The molecular formula is C26H20F2MgN4O6. The summed E-state index contributed by atoms with van der Waals surface area (Å²) in [6, 6.07) is 13.2. The number of aromatic hydroxyl groups is 2. The van der Waals surface area contributed by atoms with E-state index in [1.54, 1.807) is 12.1 Å². The zero-order chi connectivity index (χ0) is 27.4. The van der Waals surface area contributed by atoms with Gasteiger partial charge in [0.1, 0.15) is 23.1 Å². The maximum absolute atomic E-state index is 13.5. The van der Waals surface area contributed by atoms with Crippen LogP contribution in [0.2, 0.25) is 0 Å². The molecule has 0 spiro atoms. The Kier molecular flexibility index (Phi) is 9.11. The number of pyridine rings is 2. The minimum absolute atomic E-state index is 0. The molecule has 4 aromatic rings. The van der Waals surface area contributed by atoms with Gasteiger partial charge in [-0.25, -0.2) is 23.5 Å². The minimum Gasteiger partial charge on any atom is -1.00 e. The van der Waals surface area contributed by atoms with Crippen LogP contribution in [0.25, 0.3) is 22.3 Å². The fourth-order valence-corrected chi connectivity index (χ4v) is 3.47. The first-order valence-electron chi connectivity index (χ1n) is 10.9. The Hall–Kier alpha value is -4.62. The molecule has 0 fully saturated rings. The number of carbonyl (C=O) groups excluding carboxylic acids is 2. The molecule has 0 saturated carbocycles. The van der Waals surface area contributed by atoms with Gasteiger partial charge < -0.3 is 28.8 Å². The van der Waals surface area contributed by atoms with Crippen LogP contribution in [0.1, 0.15) is 23.8 Å². The van der Waals surface area contributed by atoms with Crippen LogP contribution in [0.15, 0.2) is 73.1 Å². The van der Waals surface area contributed by atoms with E-state index in [9.17, 15) is 38.5 Å². The fraction of sp³-hybridized carbons (Fsp3) is 0.0385. The third kappa shape index (κ3) is 6.83. The molecule has 196 valence electrons. The molecule has 2 heterocycles. The van der Waals surface area contributed by atoms with Crippen LogP contribution in [0, 0.1) is 11.6 Å². The number of benzene rings is 2. The van der Waals surface area contributed by atoms with E-state index in [1.165, 1.54) is 48.8 Å². The molecule has 39 heavy (non-hydrogen) atoms. The average Bonchev–Trinajstić information content (AvgIpc) is 2.88. The average molecular weight is 547 g/mol. The molecule has 0 radical (unpaired) electrons. The second kappa shape index (κ2) is 12.3. The number of halogens is 2. The van der Waals surface area contributed by atoms with Gasteiger partial charge in [0.25, 0.3) is 11.8 Å². The summed E-state index contributed by atoms with van der Waals surface area (Å²) in [4.78, 5) is 44.5. The van der Waals surface area contributed by atoms with Crippen molar-refractivity contribution in [2.45, 2.75) is 6.17 Å². The predicted molar refractivity (Wildman–Crippen MR) is 137 cm³/mol. The largest absolute Gasteiger partial charge is 2.00 e. The molecule has 2 aromatic heterocycles. The van der Waals surface area contributed by atoms with Crippen molar-refractivity contribution < 1.29 is 41.3 Å². The molecule has 0 unspecified atom stereocenters. The van der Waals surface area contributed by atoms with Crippen molar-refractivity contribution in [1.82, 2.24) is 20.6 Å². The first-order valence-corrected chi connectivity index (χ1v) is 10.9. The van der Waals surface area contributed by atoms with E-state index in [0.29, 0.717) is 22.3 Å². The molecule has 0 bridgehead atoms. The molecule has 2 amide bonds. The van der Waals surface area contributed by atoms with Gasteiger partial charge in [-0.05, 0) is 47.5 Å². The van der Waals surface area contributed by atoms with Crippen molar-refractivity contribution >= 4 is 40.8 Å². The van der Waals surface area contributed by atoms with E-state index in [1.807, 2.05) is 10.6 Å². The summed E-state index contributed by atoms with van der Waals surface area (Å²) in [6.07, 6.45) is 0.364. The van der Waals surface area contributed by atoms with Crippen LogP contribution in [0.4, 0.5) is 8.78 Å². The summed E-state index contributed by atoms with van der Waals surface area (Å²) < 4.78 is 26.9. The smallest absolute Gasteiger partial charge is 1.00 e. The Morgan fingerprint density at radius 2 is 1.13 bits per heavy atom. The Labute approximate surface area is 238 Å². The van der Waals surface area contributed by atoms with E-state index in [0.717, 1.165) is 12.1 Å². The topological polar surface area (TPSA) is 162 Å². The summed E-state index contributed by atoms with van der Waals surface area (Å²) in [6.45, 7) is 0. The number of nitrogens with one attached hydrogen (secondary N) is 2. The monoisotopic (exact) mass is 546 g/mol. The number of rotatable bonds is 7. The zero-order valence-corrected chi connectivity index (χ0v) is 21.3. The van der Waals surface area contributed by atoms with Gasteiger partial charge in [0.05, 0.1) is 0 Å². The molecule has 0 aliphatic rings. The normalized spacial score (nSPS) is 10.4. The summed E-state index contributed by atoms with van der Waals surface area (Å²) in [7, 11) is 0. The maximum atomic E-state index is 13.5. The van der Waals surface area contributed by atoms with Crippen LogP contribution >= 0.6 is 0 Å². The quantitative estimate of drug-likeness (QED) is 0.175. The number of hydrogen-bond donors (Lipinski definition) is 5. The number of aromatic nitrogens is 2. The van der Waals surface area contributed by atoms with Crippen molar-refractivity contribution in [1.29, 1.82) is 0 Å². The minimum atomic E-state index is -2.00. The van der Waals surface area contributed by atoms with Gasteiger partial charge in [0, 0.05) is 23.5 Å². The molecule has 0 aliphatic heterocycles. The number of hydrogen-bond acceptors (Lipinski definition) is 7. The van der Waals surface area contributed by atoms with Crippen molar-refractivity contribution in [2.75, 3.05) is 0 Å². The van der Waals surface area contributed by atoms with E-state index < -0.39 is 58.5 Å². The second-order valence-electron chi connectivity index (χ2n) is 7.92. The van der Waals surface area contributed by atoms with Gasteiger partial charge in [-0.15, -0.1) is 0 Å². The number of carboxylic acid groups (broad SMARTS) is 1. The van der Waals surface area contributed by atoms with Crippen molar-refractivity contribution in [3.05, 3.63) is 96.1 Å². The van der Waals surface area contributed by atoms with Crippen LogP contribution in [-0.4, -0.2) is 72.3 Å². The number of nitrogens with zero attached hydrogens (tertiary/aromatic N) is 2. The Morgan fingerprint density at radius 1 is 0.718 bits per heavy atom. The van der Waals surface area contributed by atoms with Gasteiger partial charge in [-0.3, -0.25) is 9.59 Å². The molecule has 10 nitrogen and oxygen atoms in total. The van der Waals surface area contributed by atoms with Crippen molar-refractivity contribution in [3.8, 4) is 33.8 Å². The summed E-state index contributed by atoms with van der Waals surface area (Å²) in [5, 5.41) is 34.0. The first kappa shape index (κ1) is 28.9. The Balaban J connectivity index is 0.00000280. The number of aliphatic carboxylic acids is 1.